The van der Waals surface area contributed by atoms with Crippen LogP contribution in [-0.4, -0.2) is 35.4 Å². The number of anilines is 2. The van der Waals surface area contributed by atoms with Gasteiger partial charge in [-0.1, -0.05) is 32.1 Å². The van der Waals surface area contributed by atoms with Gasteiger partial charge in [-0.25, -0.2) is 4.98 Å². The van der Waals surface area contributed by atoms with Crippen LogP contribution in [0, 0.1) is 0 Å². The van der Waals surface area contributed by atoms with Gasteiger partial charge in [0.2, 0.25) is 0 Å². The SMILES string of the molecule is CCCNc1nc(N)c(C(=O)N(C)C(CC)CC)s1. The molecule has 6 heteroatoms. The summed E-state index contributed by atoms with van der Waals surface area (Å²) in [5.41, 5.74) is 5.85. The van der Waals surface area contributed by atoms with Crippen molar-refractivity contribution in [1.82, 2.24) is 9.88 Å². The molecule has 108 valence electrons. The molecule has 1 heterocycles. The molecular weight excluding hydrogens is 260 g/mol. The molecule has 0 saturated carbocycles. The Labute approximate surface area is 119 Å². The second-order valence-corrected chi connectivity index (χ2v) is 5.55. The number of rotatable bonds is 7. The third-order valence-corrected chi connectivity index (χ3v) is 4.20. The summed E-state index contributed by atoms with van der Waals surface area (Å²) in [4.78, 5) is 18.9. The van der Waals surface area contributed by atoms with E-state index < -0.39 is 0 Å². The van der Waals surface area contributed by atoms with Gasteiger partial charge in [-0.2, -0.15) is 0 Å². The smallest absolute Gasteiger partial charge is 0.267 e. The molecule has 0 spiro atoms. The van der Waals surface area contributed by atoms with Gasteiger partial charge in [0, 0.05) is 19.6 Å². The van der Waals surface area contributed by atoms with E-state index in [4.69, 9.17) is 5.73 Å². The van der Waals surface area contributed by atoms with Crippen molar-refractivity contribution < 1.29 is 4.79 Å². The van der Waals surface area contributed by atoms with Crippen molar-refractivity contribution in [2.24, 2.45) is 0 Å². The van der Waals surface area contributed by atoms with Crippen molar-refractivity contribution in [2.75, 3.05) is 24.6 Å². The minimum absolute atomic E-state index is 0.0340. The number of nitrogens with two attached hydrogens (primary N) is 1. The van der Waals surface area contributed by atoms with Crippen LogP contribution in [0.5, 0.6) is 0 Å². The first kappa shape index (κ1) is 15.8. The van der Waals surface area contributed by atoms with Gasteiger partial charge in [-0.05, 0) is 19.3 Å². The normalized spacial score (nSPS) is 10.8. The number of nitrogen functional groups attached to an aromatic ring is 1. The maximum absolute atomic E-state index is 12.4. The standard InChI is InChI=1S/C13H24N4OS/c1-5-8-15-13-16-11(14)10(19-13)12(18)17(4)9(6-2)7-3/h9H,5-8,14H2,1-4H3,(H,15,16). The molecule has 0 fully saturated rings. The lowest BCUT2D eigenvalue weighted by Crippen LogP contribution is -2.36. The van der Waals surface area contributed by atoms with Gasteiger partial charge in [0.25, 0.3) is 5.91 Å². The minimum Gasteiger partial charge on any atom is -0.382 e. The van der Waals surface area contributed by atoms with Crippen molar-refractivity contribution in [1.29, 1.82) is 0 Å². The molecule has 1 rings (SSSR count). The van der Waals surface area contributed by atoms with Gasteiger partial charge < -0.3 is 16.0 Å². The molecule has 0 aliphatic rings. The van der Waals surface area contributed by atoms with E-state index in [9.17, 15) is 4.79 Å². The summed E-state index contributed by atoms with van der Waals surface area (Å²) in [5.74, 6) is 0.291. The fraction of sp³-hybridized carbons (Fsp3) is 0.692. The highest BCUT2D eigenvalue weighted by atomic mass is 32.1. The van der Waals surface area contributed by atoms with E-state index in [1.807, 2.05) is 7.05 Å². The van der Waals surface area contributed by atoms with Gasteiger partial charge in [-0.3, -0.25) is 4.79 Å². The summed E-state index contributed by atoms with van der Waals surface area (Å²) in [7, 11) is 1.83. The number of thiazole rings is 1. The summed E-state index contributed by atoms with van der Waals surface area (Å²) in [6, 6.07) is 0.251. The first-order valence-corrected chi connectivity index (χ1v) is 7.64. The third-order valence-electron chi connectivity index (χ3n) is 3.18. The number of hydrogen-bond donors (Lipinski definition) is 2. The number of nitrogens with one attached hydrogen (secondary N) is 1. The molecule has 0 radical (unpaired) electrons. The summed E-state index contributed by atoms with van der Waals surface area (Å²) in [5, 5.41) is 3.89. The van der Waals surface area contributed by atoms with Crippen LogP contribution in [0.25, 0.3) is 0 Å². The van der Waals surface area contributed by atoms with Crippen LogP contribution in [0.3, 0.4) is 0 Å². The lowest BCUT2D eigenvalue weighted by molar-refractivity contribution is 0.0729. The summed E-state index contributed by atoms with van der Waals surface area (Å²) in [6.45, 7) is 7.09. The summed E-state index contributed by atoms with van der Waals surface area (Å²) >= 11 is 1.34. The van der Waals surface area contributed by atoms with E-state index in [-0.39, 0.29) is 11.9 Å². The molecule has 0 saturated heterocycles. The Morgan fingerprint density at radius 3 is 2.58 bits per heavy atom. The number of carbonyl (C=O) groups is 1. The van der Waals surface area contributed by atoms with Gasteiger partial charge >= 0.3 is 0 Å². The molecule has 0 aliphatic heterocycles. The first-order valence-electron chi connectivity index (χ1n) is 6.82. The van der Waals surface area contributed by atoms with Gasteiger partial charge in [0.15, 0.2) is 5.13 Å². The van der Waals surface area contributed by atoms with E-state index in [1.54, 1.807) is 4.90 Å². The average Bonchev–Trinajstić information content (AvgIpc) is 2.78. The van der Waals surface area contributed by atoms with Gasteiger partial charge in [0.1, 0.15) is 10.7 Å². The van der Waals surface area contributed by atoms with Crippen LogP contribution in [0.4, 0.5) is 10.9 Å². The predicted molar refractivity (Wildman–Crippen MR) is 81.8 cm³/mol. The highest BCUT2D eigenvalue weighted by Crippen LogP contribution is 2.27. The van der Waals surface area contributed by atoms with Crippen LogP contribution in [0.2, 0.25) is 0 Å². The molecule has 3 N–H and O–H groups in total. The lowest BCUT2D eigenvalue weighted by Gasteiger charge is -2.25. The highest BCUT2D eigenvalue weighted by molar-refractivity contribution is 7.18. The van der Waals surface area contributed by atoms with Crippen molar-refractivity contribution >= 4 is 28.2 Å². The zero-order valence-corrected chi connectivity index (χ0v) is 13.0. The Hall–Kier alpha value is -1.30. The zero-order valence-electron chi connectivity index (χ0n) is 12.2. The number of nitrogens with zero attached hydrogens (tertiary/aromatic N) is 2. The molecular formula is C13H24N4OS. The topological polar surface area (TPSA) is 71.2 Å². The van der Waals surface area contributed by atoms with Crippen LogP contribution in [0.1, 0.15) is 49.7 Å². The fourth-order valence-corrected chi connectivity index (χ4v) is 2.85. The zero-order chi connectivity index (χ0) is 14.4. The second-order valence-electron chi connectivity index (χ2n) is 4.55. The van der Waals surface area contributed by atoms with Crippen molar-refractivity contribution in [2.45, 2.75) is 46.1 Å². The molecule has 1 aromatic rings. The Bertz CT molecular complexity index is 415. The quantitative estimate of drug-likeness (QED) is 0.807. The van der Waals surface area contributed by atoms with Crippen molar-refractivity contribution in [3.05, 3.63) is 4.88 Å². The number of amides is 1. The number of hydrogen-bond acceptors (Lipinski definition) is 5. The third kappa shape index (κ3) is 3.83. The molecule has 0 aromatic carbocycles. The molecule has 5 nitrogen and oxygen atoms in total. The van der Waals surface area contributed by atoms with Crippen molar-refractivity contribution in [3.8, 4) is 0 Å². The molecule has 0 atom stereocenters. The second kappa shape index (κ2) is 7.33. The predicted octanol–water partition coefficient (Wildman–Crippen LogP) is 2.81. The Balaban J connectivity index is 2.84. The molecule has 0 unspecified atom stereocenters. The van der Waals surface area contributed by atoms with Gasteiger partial charge in [0.05, 0.1) is 0 Å². The number of carbonyl (C=O) groups excluding carboxylic acids is 1. The van der Waals surface area contributed by atoms with Crippen molar-refractivity contribution in [3.63, 3.8) is 0 Å². The lowest BCUT2D eigenvalue weighted by atomic mass is 10.1. The van der Waals surface area contributed by atoms with E-state index in [1.165, 1.54) is 11.3 Å². The van der Waals surface area contributed by atoms with E-state index in [0.717, 1.165) is 30.9 Å². The Morgan fingerprint density at radius 2 is 2.05 bits per heavy atom. The first-order chi connectivity index (χ1) is 9.04. The van der Waals surface area contributed by atoms with Crippen LogP contribution in [0.15, 0.2) is 0 Å². The van der Waals surface area contributed by atoms with E-state index >= 15 is 0 Å². The molecule has 1 aromatic heterocycles. The molecule has 0 aliphatic carbocycles. The summed E-state index contributed by atoms with van der Waals surface area (Å²) < 4.78 is 0. The highest BCUT2D eigenvalue weighted by Gasteiger charge is 2.23. The Kier molecular flexibility index (Phi) is 6.08. The molecule has 1 amide bonds. The average molecular weight is 284 g/mol. The number of aromatic nitrogens is 1. The molecule has 0 bridgehead atoms. The van der Waals surface area contributed by atoms with E-state index in [0.29, 0.717) is 10.7 Å². The maximum Gasteiger partial charge on any atom is 0.267 e. The fourth-order valence-electron chi connectivity index (χ4n) is 1.96. The van der Waals surface area contributed by atoms with Gasteiger partial charge in [-0.15, -0.1) is 0 Å². The van der Waals surface area contributed by atoms with Crippen LogP contribution in [-0.2, 0) is 0 Å². The Morgan fingerprint density at radius 1 is 1.42 bits per heavy atom. The molecule has 19 heavy (non-hydrogen) atoms. The van der Waals surface area contributed by atoms with Crippen LogP contribution >= 0.6 is 11.3 Å². The largest absolute Gasteiger partial charge is 0.382 e. The minimum atomic E-state index is -0.0340. The maximum atomic E-state index is 12.4. The summed E-state index contributed by atoms with van der Waals surface area (Å²) in [6.07, 6.45) is 2.90. The van der Waals surface area contributed by atoms with Crippen LogP contribution < -0.4 is 11.1 Å². The monoisotopic (exact) mass is 284 g/mol. The van der Waals surface area contributed by atoms with E-state index in [2.05, 4.69) is 31.1 Å².